The quantitative estimate of drug-likeness (QED) is 0.281. The Morgan fingerprint density at radius 1 is 1.47 bits per heavy atom. The van der Waals surface area contributed by atoms with E-state index in [9.17, 15) is 4.79 Å². The molecule has 6 heteroatoms. The monoisotopic (exact) mass is 262 g/mol. The summed E-state index contributed by atoms with van der Waals surface area (Å²) in [5.41, 5.74) is 11.2. The van der Waals surface area contributed by atoms with Gasteiger partial charge in [0.05, 0.1) is 7.11 Å². The molecule has 0 saturated heterocycles. The van der Waals surface area contributed by atoms with Crippen molar-refractivity contribution in [2.24, 2.45) is 5.11 Å². The molecule has 102 valence electrons. The number of benzene rings is 1. The highest BCUT2D eigenvalue weighted by molar-refractivity contribution is 5.78. The van der Waals surface area contributed by atoms with Crippen LogP contribution < -0.4 is 5.32 Å². The highest BCUT2D eigenvalue weighted by Crippen LogP contribution is 2.22. The van der Waals surface area contributed by atoms with Crippen LogP contribution in [0.5, 0.6) is 0 Å². The third-order valence-electron chi connectivity index (χ3n) is 2.89. The Hall–Kier alpha value is -2.04. The first-order valence-electron chi connectivity index (χ1n) is 6.00. The van der Waals surface area contributed by atoms with Gasteiger partial charge < -0.3 is 10.1 Å². The van der Waals surface area contributed by atoms with Gasteiger partial charge in [-0.25, -0.2) is 4.79 Å². The van der Waals surface area contributed by atoms with Gasteiger partial charge in [0.25, 0.3) is 0 Å². The van der Waals surface area contributed by atoms with Crippen molar-refractivity contribution in [1.82, 2.24) is 5.32 Å². The smallest absolute Gasteiger partial charge is 0.327 e. The van der Waals surface area contributed by atoms with Crippen LogP contribution in [0, 0.1) is 13.8 Å². The summed E-state index contributed by atoms with van der Waals surface area (Å²) in [7, 11) is 1.36. The average Bonchev–Trinajstić information content (AvgIpc) is 2.40. The summed E-state index contributed by atoms with van der Waals surface area (Å²) >= 11 is 0. The second-order valence-corrected chi connectivity index (χ2v) is 4.17. The first-order valence-corrected chi connectivity index (χ1v) is 6.00. The van der Waals surface area contributed by atoms with E-state index in [0.29, 0.717) is 6.54 Å². The van der Waals surface area contributed by atoms with Crippen molar-refractivity contribution in [3.63, 3.8) is 0 Å². The SMILES string of the molecule is COC(=O)C(NCCN=[N+]=[N-])c1c(C)cccc1C. The maximum atomic E-state index is 11.9. The molecule has 0 aliphatic rings. The summed E-state index contributed by atoms with van der Waals surface area (Å²) in [6, 6.07) is 5.31. The molecule has 0 aliphatic heterocycles. The first-order chi connectivity index (χ1) is 9.11. The number of esters is 1. The summed E-state index contributed by atoms with van der Waals surface area (Å²) in [5.74, 6) is -0.349. The maximum Gasteiger partial charge on any atom is 0.327 e. The van der Waals surface area contributed by atoms with Gasteiger partial charge in [0.1, 0.15) is 6.04 Å². The van der Waals surface area contributed by atoms with Crippen molar-refractivity contribution < 1.29 is 9.53 Å². The number of rotatable bonds is 6. The molecule has 1 rings (SSSR count). The predicted octanol–water partition coefficient (Wildman–Crippen LogP) is 2.42. The lowest BCUT2D eigenvalue weighted by Gasteiger charge is -2.20. The fraction of sp³-hybridized carbons (Fsp3) is 0.462. The van der Waals surface area contributed by atoms with Gasteiger partial charge in [-0.15, -0.1) is 0 Å². The number of hydrogen-bond donors (Lipinski definition) is 1. The highest BCUT2D eigenvalue weighted by atomic mass is 16.5. The summed E-state index contributed by atoms with van der Waals surface area (Å²) in [5, 5.41) is 6.50. The minimum atomic E-state index is -0.542. The van der Waals surface area contributed by atoms with Gasteiger partial charge in [0.2, 0.25) is 0 Å². The maximum absolute atomic E-state index is 11.9. The van der Waals surface area contributed by atoms with Crippen molar-refractivity contribution >= 4 is 5.97 Å². The number of hydrogen-bond acceptors (Lipinski definition) is 4. The van der Waals surface area contributed by atoms with Gasteiger partial charge in [-0.1, -0.05) is 23.3 Å². The molecule has 19 heavy (non-hydrogen) atoms. The van der Waals surface area contributed by atoms with Crippen LogP contribution in [0.2, 0.25) is 0 Å². The van der Waals surface area contributed by atoms with Crippen molar-refractivity contribution in [2.75, 3.05) is 20.2 Å². The number of aryl methyl sites for hydroxylation is 2. The molecule has 6 nitrogen and oxygen atoms in total. The fourth-order valence-electron chi connectivity index (χ4n) is 2.01. The van der Waals surface area contributed by atoms with E-state index >= 15 is 0 Å². The molecule has 0 radical (unpaired) electrons. The Labute approximate surface area is 112 Å². The molecule has 1 aromatic carbocycles. The molecule has 0 amide bonds. The number of azide groups is 1. The Morgan fingerprint density at radius 2 is 2.11 bits per heavy atom. The average molecular weight is 262 g/mol. The number of carbonyl (C=O) groups excluding carboxylic acids is 1. The van der Waals surface area contributed by atoms with E-state index in [0.717, 1.165) is 16.7 Å². The zero-order valence-electron chi connectivity index (χ0n) is 11.4. The van der Waals surface area contributed by atoms with Gasteiger partial charge in [-0.2, -0.15) is 0 Å². The normalized spacial score (nSPS) is 11.5. The van der Waals surface area contributed by atoms with Gasteiger partial charge in [0.15, 0.2) is 0 Å². The lowest BCUT2D eigenvalue weighted by Crippen LogP contribution is -2.32. The molecule has 0 aromatic heterocycles. The molecular formula is C13H18N4O2. The molecule has 1 aromatic rings. The molecule has 0 fully saturated rings. The Bertz CT molecular complexity index is 475. The van der Waals surface area contributed by atoms with E-state index in [1.54, 1.807) is 0 Å². The van der Waals surface area contributed by atoms with Crippen molar-refractivity contribution in [3.8, 4) is 0 Å². The van der Waals surface area contributed by atoms with Gasteiger partial charge in [-0.3, -0.25) is 0 Å². The largest absolute Gasteiger partial charge is 0.468 e. The van der Waals surface area contributed by atoms with Crippen LogP contribution in [-0.4, -0.2) is 26.2 Å². The Morgan fingerprint density at radius 3 is 2.63 bits per heavy atom. The van der Waals surface area contributed by atoms with Crippen molar-refractivity contribution in [3.05, 3.63) is 45.3 Å². The van der Waals surface area contributed by atoms with Crippen LogP contribution in [0.25, 0.3) is 10.4 Å². The minimum absolute atomic E-state index is 0.287. The van der Waals surface area contributed by atoms with Crippen LogP contribution in [-0.2, 0) is 9.53 Å². The van der Waals surface area contributed by atoms with E-state index in [1.807, 2.05) is 32.0 Å². The van der Waals surface area contributed by atoms with Crippen molar-refractivity contribution in [1.29, 1.82) is 0 Å². The van der Waals surface area contributed by atoms with Crippen LogP contribution >= 0.6 is 0 Å². The van der Waals surface area contributed by atoms with E-state index in [4.69, 9.17) is 10.3 Å². The number of nitrogens with one attached hydrogen (secondary N) is 1. The minimum Gasteiger partial charge on any atom is -0.468 e. The van der Waals surface area contributed by atoms with E-state index < -0.39 is 6.04 Å². The molecular weight excluding hydrogens is 244 g/mol. The topological polar surface area (TPSA) is 87.1 Å². The van der Waals surface area contributed by atoms with Crippen LogP contribution in [0.15, 0.2) is 23.3 Å². The molecule has 1 atom stereocenters. The summed E-state index contributed by atoms with van der Waals surface area (Å²) in [6.45, 7) is 4.60. The second-order valence-electron chi connectivity index (χ2n) is 4.17. The molecule has 0 heterocycles. The summed E-state index contributed by atoms with van der Waals surface area (Å²) in [6.07, 6.45) is 0. The van der Waals surface area contributed by atoms with E-state index in [2.05, 4.69) is 15.3 Å². The number of ether oxygens (including phenoxy) is 1. The van der Waals surface area contributed by atoms with Gasteiger partial charge in [0, 0.05) is 18.0 Å². The first kappa shape index (κ1) is 15.0. The Kier molecular flexibility index (Phi) is 5.85. The fourth-order valence-corrected chi connectivity index (χ4v) is 2.01. The van der Waals surface area contributed by atoms with Crippen LogP contribution in [0.4, 0.5) is 0 Å². The lowest BCUT2D eigenvalue weighted by atomic mass is 9.96. The molecule has 0 spiro atoms. The standard InChI is InChI=1S/C13H18N4O2/c1-9-5-4-6-10(2)11(9)12(13(18)19-3)15-7-8-16-17-14/h4-6,12,15H,7-8H2,1-3H3. The highest BCUT2D eigenvalue weighted by Gasteiger charge is 2.23. The molecule has 1 N–H and O–H groups in total. The zero-order valence-corrected chi connectivity index (χ0v) is 11.4. The van der Waals surface area contributed by atoms with Crippen LogP contribution in [0.1, 0.15) is 22.7 Å². The molecule has 0 bridgehead atoms. The van der Waals surface area contributed by atoms with Gasteiger partial charge >= 0.3 is 5.97 Å². The van der Waals surface area contributed by atoms with E-state index in [-0.39, 0.29) is 12.5 Å². The van der Waals surface area contributed by atoms with E-state index in [1.165, 1.54) is 7.11 Å². The molecule has 1 unspecified atom stereocenters. The Balaban J connectivity index is 2.96. The zero-order chi connectivity index (χ0) is 14.3. The lowest BCUT2D eigenvalue weighted by molar-refractivity contribution is -0.143. The summed E-state index contributed by atoms with van der Waals surface area (Å²) < 4.78 is 4.83. The third-order valence-corrected chi connectivity index (χ3v) is 2.89. The number of nitrogens with zero attached hydrogens (tertiary/aromatic N) is 3. The number of methoxy groups -OCH3 is 1. The van der Waals surface area contributed by atoms with Crippen LogP contribution in [0.3, 0.4) is 0 Å². The second kappa shape index (κ2) is 7.41. The van der Waals surface area contributed by atoms with Gasteiger partial charge in [-0.05, 0) is 36.1 Å². The molecule has 0 aliphatic carbocycles. The molecule has 0 saturated carbocycles. The van der Waals surface area contributed by atoms with Crippen molar-refractivity contribution in [2.45, 2.75) is 19.9 Å². The number of carbonyl (C=O) groups is 1. The summed E-state index contributed by atoms with van der Waals surface area (Å²) in [4.78, 5) is 14.6. The third kappa shape index (κ3) is 3.98. The predicted molar refractivity (Wildman–Crippen MR) is 72.7 cm³/mol.